The lowest BCUT2D eigenvalue weighted by Gasteiger charge is -2.30. The smallest absolute Gasteiger partial charge is 0.404 e. The third-order valence-electron chi connectivity index (χ3n) is 7.56. The van der Waals surface area contributed by atoms with Gasteiger partial charge in [-0.05, 0) is 35.4 Å². The fourth-order valence-electron chi connectivity index (χ4n) is 5.97. The van der Waals surface area contributed by atoms with Gasteiger partial charge in [-0.2, -0.15) is 0 Å². The molecule has 3 aromatic carbocycles. The van der Waals surface area contributed by atoms with E-state index >= 15 is 0 Å². The van der Waals surface area contributed by atoms with Gasteiger partial charge in [0.2, 0.25) is 11.4 Å². The lowest BCUT2D eigenvalue weighted by Crippen LogP contribution is -2.78. The molecule has 3 aliphatic rings. The number of hydrogen-bond donors (Lipinski definition) is 0. The van der Waals surface area contributed by atoms with E-state index in [1.54, 1.807) is 0 Å². The Hall–Kier alpha value is -5.30. The molecule has 0 radical (unpaired) electrons. The van der Waals surface area contributed by atoms with Gasteiger partial charge in [-0.1, -0.05) is 69.8 Å². The van der Waals surface area contributed by atoms with Crippen molar-refractivity contribution in [2.75, 3.05) is 0 Å². The van der Waals surface area contributed by atoms with Crippen LogP contribution in [0.5, 0.6) is 23.3 Å². The number of nitrogens with zero attached hydrogens (tertiary/aromatic N) is 5. The molecule has 3 aliphatic heterocycles. The van der Waals surface area contributed by atoms with E-state index in [2.05, 4.69) is 63.7 Å². The van der Waals surface area contributed by atoms with Crippen molar-refractivity contribution in [2.24, 2.45) is 0 Å². The van der Waals surface area contributed by atoms with Gasteiger partial charge < -0.3 is 9.47 Å². The maximum Gasteiger partial charge on any atom is 0.511 e. The molecule has 6 aromatic rings. The first-order valence-electron chi connectivity index (χ1n) is 12.5. The molecule has 0 fully saturated rings. The summed E-state index contributed by atoms with van der Waals surface area (Å²) in [6, 6.07) is 36.7. The van der Waals surface area contributed by atoms with Crippen LogP contribution >= 0.6 is 0 Å². The van der Waals surface area contributed by atoms with Crippen LogP contribution < -0.4 is 18.6 Å². The summed E-state index contributed by atoms with van der Waals surface area (Å²) in [5.41, 5.74) is 5.10. The summed E-state index contributed by atoms with van der Waals surface area (Å²) < 4.78 is 19.1. The first kappa shape index (κ1) is 19.8. The van der Waals surface area contributed by atoms with Gasteiger partial charge in [-0.25, -0.2) is 4.98 Å². The molecule has 1 spiro atoms. The molecular formula is C31H19N5O2+2. The summed E-state index contributed by atoms with van der Waals surface area (Å²) in [6.45, 7) is 0. The fraction of sp³-hybridized carbons (Fsp3) is 0.0323. The number of aromatic nitrogens is 5. The van der Waals surface area contributed by atoms with Gasteiger partial charge in [0.1, 0.15) is 0 Å². The minimum absolute atomic E-state index is 0.667. The first-order chi connectivity index (χ1) is 18.8. The number of rotatable bonds is 2. The molecule has 0 aliphatic carbocycles. The monoisotopic (exact) mass is 493 g/mol. The summed E-state index contributed by atoms with van der Waals surface area (Å²) in [5.74, 6) is 3.44. The minimum Gasteiger partial charge on any atom is -0.404 e. The van der Waals surface area contributed by atoms with Crippen LogP contribution in [0.1, 0.15) is 5.56 Å². The van der Waals surface area contributed by atoms with Crippen LogP contribution in [0.2, 0.25) is 0 Å². The van der Waals surface area contributed by atoms with E-state index in [-0.39, 0.29) is 0 Å². The van der Waals surface area contributed by atoms with Crippen molar-refractivity contribution < 1.29 is 18.6 Å². The molecule has 0 saturated carbocycles. The van der Waals surface area contributed by atoms with E-state index in [9.17, 15) is 0 Å². The van der Waals surface area contributed by atoms with Crippen LogP contribution in [0.15, 0.2) is 115 Å². The number of ether oxygens (including phenoxy) is 2. The second kappa shape index (κ2) is 6.92. The predicted molar refractivity (Wildman–Crippen MR) is 138 cm³/mol. The number of hydrogen-bond acceptors (Lipinski definition) is 4. The van der Waals surface area contributed by atoms with Crippen LogP contribution in [-0.4, -0.2) is 14.8 Å². The maximum atomic E-state index is 6.40. The van der Waals surface area contributed by atoms with E-state index < -0.39 is 5.79 Å². The SMILES string of the molecule is c1ccc(-c2ccc(-c3nc4n(n3)C35c6c(cccc6Oc6cccc-4[n+]63)Oc3cccc[n+]35)cc2)cc1. The highest BCUT2D eigenvalue weighted by molar-refractivity contribution is 5.69. The highest BCUT2D eigenvalue weighted by Gasteiger charge is 2.72. The predicted octanol–water partition coefficient (Wildman–Crippen LogP) is 5.13. The highest BCUT2D eigenvalue weighted by atomic mass is 16.5. The van der Waals surface area contributed by atoms with E-state index in [0.29, 0.717) is 11.7 Å². The molecule has 0 amide bonds. The molecule has 1 atom stereocenters. The van der Waals surface area contributed by atoms with Gasteiger partial charge in [0.05, 0.1) is 12.1 Å². The lowest BCUT2D eigenvalue weighted by atomic mass is 10.0. The molecule has 178 valence electrons. The summed E-state index contributed by atoms with van der Waals surface area (Å²) in [6.07, 6.45) is 2.03. The maximum absolute atomic E-state index is 6.40. The van der Waals surface area contributed by atoms with Gasteiger partial charge in [0.15, 0.2) is 23.5 Å². The summed E-state index contributed by atoms with van der Waals surface area (Å²) in [7, 11) is 0. The van der Waals surface area contributed by atoms with Crippen LogP contribution in [-0.2, 0) is 5.79 Å². The van der Waals surface area contributed by atoms with Crippen LogP contribution in [0.25, 0.3) is 34.0 Å². The minimum atomic E-state index is -0.893. The molecule has 0 bridgehead atoms. The largest absolute Gasteiger partial charge is 0.511 e. The first-order valence-corrected chi connectivity index (χ1v) is 12.5. The second-order valence-corrected chi connectivity index (χ2v) is 9.58. The van der Waals surface area contributed by atoms with Crippen molar-refractivity contribution in [3.05, 3.63) is 121 Å². The fourth-order valence-corrected chi connectivity index (χ4v) is 5.97. The zero-order valence-electron chi connectivity index (χ0n) is 20.0. The van der Waals surface area contributed by atoms with Crippen LogP contribution in [0.3, 0.4) is 0 Å². The Balaban J connectivity index is 1.31. The Morgan fingerprint density at radius 3 is 2.16 bits per heavy atom. The van der Waals surface area contributed by atoms with Crippen molar-refractivity contribution in [2.45, 2.75) is 5.79 Å². The van der Waals surface area contributed by atoms with Crippen LogP contribution in [0.4, 0.5) is 0 Å². The zero-order valence-corrected chi connectivity index (χ0v) is 20.0. The molecule has 7 nitrogen and oxygen atoms in total. The van der Waals surface area contributed by atoms with E-state index in [4.69, 9.17) is 19.6 Å². The molecule has 38 heavy (non-hydrogen) atoms. The standard InChI is InChI=1S/C31H19N5O2/c1-2-8-20(9-3-1)21-15-17-22(18-16-21)29-32-30-23-10-6-14-27-35(23)31(36(30)33-29)28-24(11-7-12-25(28)38-27)37-26-13-4-5-19-34(26)31/h1-19H/q+2. The number of fused-ring (bicyclic) bond motifs is 3. The van der Waals surface area contributed by atoms with Crippen molar-refractivity contribution >= 4 is 0 Å². The topological polar surface area (TPSA) is 56.9 Å². The molecular weight excluding hydrogens is 474 g/mol. The van der Waals surface area contributed by atoms with Gasteiger partial charge in [0.25, 0.3) is 5.69 Å². The molecule has 0 N–H and O–H groups in total. The van der Waals surface area contributed by atoms with Crippen molar-refractivity contribution in [3.8, 4) is 57.3 Å². The third kappa shape index (κ3) is 2.33. The lowest BCUT2D eigenvalue weighted by molar-refractivity contribution is -0.985. The van der Waals surface area contributed by atoms with E-state index in [1.807, 2.05) is 65.5 Å². The molecule has 7 heteroatoms. The zero-order chi connectivity index (χ0) is 24.8. The highest BCUT2D eigenvalue weighted by Crippen LogP contribution is 2.50. The average molecular weight is 494 g/mol. The van der Waals surface area contributed by atoms with Gasteiger partial charge >= 0.3 is 17.5 Å². The van der Waals surface area contributed by atoms with Gasteiger partial charge in [-0.3, -0.25) is 0 Å². The molecule has 3 aromatic heterocycles. The Morgan fingerprint density at radius 2 is 1.32 bits per heavy atom. The summed E-state index contributed by atoms with van der Waals surface area (Å²) in [5, 5.41) is 5.17. The molecule has 1 unspecified atom stereocenters. The van der Waals surface area contributed by atoms with Gasteiger partial charge in [0, 0.05) is 17.7 Å². The Kier molecular flexibility index (Phi) is 3.61. The van der Waals surface area contributed by atoms with E-state index in [1.165, 1.54) is 5.56 Å². The summed E-state index contributed by atoms with van der Waals surface area (Å²) in [4.78, 5) is 5.09. The Bertz CT molecular complexity index is 1920. The Morgan fingerprint density at radius 1 is 0.632 bits per heavy atom. The van der Waals surface area contributed by atoms with Crippen LogP contribution in [0, 0.1) is 0 Å². The number of pyridine rings is 2. The van der Waals surface area contributed by atoms with Crippen molar-refractivity contribution in [3.63, 3.8) is 0 Å². The van der Waals surface area contributed by atoms with E-state index in [0.717, 1.165) is 45.6 Å². The quantitative estimate of drug-likeness (QED) is 0.313. The average Bonchev–Trinajstić information content (AvgIpc) is 3.53. The van der Waals surface area contributed by atoms with Crippen molar-refractivity contribution in [1.82, 2.24) is 14.8 Å². The second-order valence-electron chi connectivity index (χ2n) is 9.58. The normalized spacial score (nSPS) is 16.9. The molecule has 6 heterocycles. The number of benzene rings is 3. The summed E-state index contributed by atoms with van der Waals surface area (Å²) >= 11 is 0. The van der Waals surface area contributed by atoms with Gasteiger partial charge in [-0.15, -0.1) is 9.78 Å². The Labute approximate surface area is 217 Å². The third-order valence-corrected chi connectivity index (χ3v) is 7.56. The molecule has 0 saturated heterocycles. The van der Waals surface area contributed by atoms with Crippen molar-refractivity contribution in [1.29, 1.82) is 0 Å². The molecule has 9 rings (SSSR count).